The molecular weight excluding hydrogens is 238 g/mol. The molecule has 0 fully saturated rings. The van der Waals surface area contributed by atoms with Crippen LogP contribution in [0.4, 0.5) is 0 Å². The lowest BCUT2D eigenvalue weighted by Gasteiger charge is -2.23. The summed E-state index contributed by atoms with van der Waals surface area (Å²) >= 11 is 1.76. The summed E-state index contributed by atoms with van der Waals surface area (Å²) in [6, 6.07) is 4.80. The quantitative estimate of drug-likeness (QED) is 0.867. The minimum atomic E-state index is 0.301. The topological polar surface area (TPSA) is 12.0 Å². The van der Waals surface area contributed by atoms with E-state index in [0.717, 1.165) is 0 Å². The van der Waals surface area contributed by atoms with E-state index in [0.29, 0.717) is 6.04 Å². The zero-order chi connectivity index (χ0) is 13.3. The van der Waals surface area contributed by atoms with E-state index in [9.17, 15) is 0 Å². The van der Waals surface area contributed by atoms with Crippen LogP contribution in [-0.2, 0) is 0 Å². The molecule has 0 radical (unpaired) electrons. The maximum absolute atomic E-state index is 3.46. The molecule has 0 spiro atoms. The molecule has 2 rings (SSSR count). The van der Waals surface area contributed by atoms with Crippen LogP contribution in [0, 0.1) is 27.7 Å². The van der Waals surface area contributed by atoms with Gasteiger partial charge in [0.15, 0.2) is 0 Å². The minimum Gasteiger partial charge on any atom is -0.309 e. The lowest BCUT2D eigenvalue weighted by Crippen LogP contribution is -2.20. The van der Waals surface area contributed by atoms with Gasteiger partial charge < -0.3 is 5.32 Å². The first-order valence-corrected chi connectivity index (χ1v) is 7.27. The van der Waals surface area contributed by atoms with Gasteiger partial charge in [-0.25, -0.2) is 0 Å². The first-order chi connectivity index (χ1) is 8.56. The van der Waals surface area contributed by atoms with Gasteiger partial charge in [-0.1, -0.05) is 6.07 Å². The van der Waals surface area contributed by atoms with Crippen LogP contribution in [0.5, 0.6) is 0 Å². The van der Waals surface area contributed by atoms with Crippen molar-refractivity contribution in [2.24, 2.45) is 0 Å². The van der Waals surface area contributed by atoms with Crippen LogP contribution in [-0.4, -0.2) is 7.05 Å². The van der Waals surface area contributed by atoms with Crippen LogP contribution < -0.4 is 5.32 Å². The van der Waals surface area contributed by atoms with Crippen molar-refractivity contribution in [1.82, 2.24) is 5.32 Å². The van der Waals surface area contributed by atoms with Crippen molar-refractivity contribution in [1.29, 1.82) is 0 Å². The highest BCUT2D eigenvalue weighted by Crippen LogP contribution is 2.32. The van der Waals surface area contributed by atoms with E-state index in [1.54, 1.807) is 11.3 Å². The number of nitrogens with one attached hydrogen (secondary N) is 1. The molecule has 0 aliphatic rings. The van der Waals surface area contributed by atoms with Crippen molar-refractivity contribution < 1.29 is 0 Å². The molecule has 0 aliphatic heterocycles. The van der Waals surface area contributed by atoms with Gasteiger partial charge in [0.2, 0.25) is 0 Å². The molecule has 96 valence electrons. The van der Waals surface area contributed by atoms with E-state index < -0.39 is 0 Å². The Hall–Kier alpha value is -1.12. The van der Waals surface area contributed by atoms with E-state index in [1.807, 2.05) is 7.05 Å². The van der Waals surface area contributed by atoms with Gasteiger partial charge in [-0.3, -0.25) is 0 Å². The summed E-state index contributed by atoms with van der Waals surface area (Å²) in [6.07, 6.45) is 0. The summed E-state index contributed by atoms with van der Waals surface area (Å²) < 4.78 is 0. The zero-order valence-electron chi connectivity index (χ0n) is 11.8. The predicted octanol–water partition coefficient (Wildman–Crippen LogP) is 4.29. The van der Waals surface area contributed by atoms with Crippen LogP contribution in [0.25, 0.3) is 0 Å². The summed E-state index contributed by atoms with van der Waals surface area (Å²) in [4.78, 5) is 0. The molecule has 0 saturated carbocycles. The van der Waals surface area contributed by atoms with E-state index in [2.05, 4.69) is 55.9 Å². The van der Waals surface area contributed by atoms with Crippen LogP contribution in [0.1, 0.15) is 39.4 Å². The van der Waals surface area contributed by atoms with E-state index in [4.69, 9.17) is 0 Å². The summed E-state index contributed by atoms with van der Waals surface area (Å²) in [6.45, 7) is 8.86. The van der Waals surface area contributed by atoms with Gasteiger partial charge in [0, 0.05) is 0 Å². The summed E-state index contributed by atoms with van der Waals surface area (Å²) in [5.41, 5.74) is 8.37. The Morgan fingerprint density at radius 2 is 1.67 bits per heavy atom. The van der Waals surface area contributed by atoms with Gasteiger partial charge in [0.1, 0.15) is 0 Å². The highest BCUT2D eigenvalue weighted by Gasteiger charge is 2.19. The number of aryl methyl sites for hydroxylation is 2. The van der Waals surface area contributed by atoms with Crippen LogP contribution in [0.15, 0.2) is 22.9 Å². The highest BCUT2D eigenvalue weighted by atomic mass is 32.1. The zero-order valence-corrected chi connectivity index (χ0v) is 12.6. The standard InChI is InChI=1S/C16H21NS/c1-10-8-11(2)13(4)15(12(10)3)16(17-5)14-6-7-18-9-14/h6-9,16-17H,1-5H3. The molecule has 0 saturated heterocycles. The summed E-state index contributed by atoms with van der Waals surface area (Å²) in [5, 5.41) is 7.84. The molecule has 1 aromatic carbocycles. The first kappa shape index (κ1) is 13.3. The van der Waals surface area contributed by atoms with Gasteiger partial charge in [-0.15, -0.1) is 0 Å². The van der Waals surface area contributed by atoms with Gasteiger partial charge in [0.05, 0.1) is 6.04 Å². The number of hydrogen-bond acceptors (Lipinski definition) is 2. The van der Waals surface area contributed by atoms with Gasteiger partial charge in [-0.2, -0.15) is 11.3 Å². The Balaban J connectivity index is 2.62. The maximum atomic E-state index is 3.46. The average molecular weight is 259 g/mol. The van der Waals surface area contributed by atoms with E-state index >= 15 is 0 Å². The molecule has 1 nitrogen and oxygen atoms in total. The number of thiophene rings is 1. The molecular formula is C16H21NS. The third-order valence-corrected chi connectivity index (χ3v) is 4.58. The Morgan fingerprint density at radius 1 is 1.06 bits per heavy atom. The van der Waals surface area contributed by atoms with Crippen molar-refractivity contribution >= 4 is 11.3 Å². The fourth-order valence-electron chi connectivity index (χ4n) is 2.60. The Morgan fingerprint density at radius 3 is 2.11 bits per heavy atom. The molecule has 0 bridgehead atoms. The second kappa shape index (κ2) is 5.25. The number of benzene rings is 1. The summed E-state index contributed by atoms with van der Waals surface area (Å²) in [5.74, 6) is 0. The van der Waals surface area contributed by atoms with Gasteiger partial charge in [0.25, 0.3) is 0 Å². The minimum absolute atomic E-state index is 0.301. The molecule has 1 aromatic heterocycles. The molecule has 18 heavy (non-hydrogen) atoms. The molecule has 1 heterocycles. The van der Waals surface area contributed by atoms with Crippen LogP contribution in [0.3, 0.4) is 0 Å². The molecule has 1 atom stereocenters. The fraction of sp³-hybridized carbons (Fsp3) is 0.375. The monoisotopic (exact) mass is 259 g/mol. The third-order valence-electron chi connectivity index (χ3n) is 3.88. The molecule has 2 aromatic rings. The third kappa shape index (κ3) is 2.23. The molecule has 1 N–H and O–H groups in total. The number of rotatable bonds is 3. The molecule has 1 unspecified atom stereocenters. The average Bonchev–Trinajstić information content (AvgIpc) is 2.85. The van der Waals surface area contributed by atoms with E-state index in [1.165, 1.54) is 33.4 Å². The Kier molecular flexibility index (Phi) is 3.88. The lowest BCUT2D eigenvalue weighted by atomic mass is 9.87. The molecule has 2 heteroatoms. The predicted molar refractivity (Wildman–Crippen MR) is 80.6 cm³/mol. The maximum Gasteiger partial charge on any atom is 0.0587 e. The van der Waals surface area contributed by atoms with Crippen molar-refractivity contribution in [2.45, 2.75) is 33.7 Å². The SMILES string of the molecule is CNC(c1ccsc1)c1c(C)c(C)cc(C)c1C. The number of hydrogen-bond donors (Lipinski definition) is 1. The van der Waals surface area contributed by atoms with Gasteiger partial charge >= 0.3 is 0 Å². The smallest absolute Gasteiger partial charge is 0.0587 e. The second-order valence-corrected chi connectivity index (χ2v) is 5.73. The fourth-order valence-corrected chi connectivity index (χ4v) is 3.28. The van der Waals surface area contributed by atoms with Gasteiger partial charge in [-0.05, 0) is 84.9 Å². The highest BCUT2D eigenvalue weighted by molar-refractivity contribution is 7.08. The van der Waals surface area contributed by atoms with Crippen LogP contribution >= 0.6 is 11.3 Å². The van der Waals surface area contributed by atoms with Crippen LogP contribution in [0.2, 0.25) is 0 Å². The van der Waals surface area contributed by atoms with E-state index in [-0.39, 0.29) is 0 Å². The molecule has 0 amide bonds. The lowest BCUT2D eigenvalue weighted by molar-refractivity contribution is 0.683. The Bertz CT molecular complexity index is 514. The van der Waals surface area contributed by atoms with Crippen molar-refractivity contribution in [2.75, 3.05) is 7.05 Å². The Labute approximate surface area is 114 Å². The van der Waals surface area contributed by atoms with Crippen molar-refractivity contribution in [3.63, 3.8) is 0 Å². The first-order valence-electron chi connectivity index (χ1n) is 6.33. The van der Waals surface area contributed by atoms with Crippen molar-refractivity contribution in [3.8, 4) is 0 Å². The van der Waals surface area contributed by atoms with Crippen molar-refractivity contribution in [3.05, 3.63) is 56.3 Å². The second-order valence-electron chi connectivity index (χ2n) is 4.95. The molecule has 0 aliphatic carbocycles. The normalized spacial score (nSPS) is 12.7. The largest absolute Gasteiger partial charge is 0.309 e. The summed E-state index contributed by atoms with van der Waals surface area (Å²) in [7, 11) is 2.04.